The Hall–Kier alpha value is -1.27. The Kier molecular flexibility index (Phi) is 3.84. The smallest absolute Gasteiger partial charge is 0.234 e. The van der Waals surface area contributed by atoms with E-state index in [2.05, 4.69) is 15.0 Å². The Balaban J connectivity index is 1.64. The fourth-order valence-electron chi connectivity index (χ4n) is 2.85. The van der Waals surface area contributed by atoms with Gasteiger partial charge in [0.05, 0.1) is 13.0 Å². The molecular formula is C15H23N3O3. The second-order valence-electron chi connectivity index (χ2n) is 7.01. The zero-order chi connectivity index (χ0) is 15.0. The lowest BCUT2D eigenvalue weighted by Gasteiger charge is -2.33. The van der Waals surface area contributed by atoms with E-state index in [0.29, 0.717) is 17.8 Å². The number of rotatable bonds is 3. The van der Waals surface area contributed by atoms with Crippen LogP contribution < -0.4 is 0 Å². The molecule has 0 spiro atoms. The van der Waals surface area contributed by atoms with E-state index in [1.165, 1.54) is 12.8 Å². The van der Waals surface area contributed by atoms with Gasteiger partial charge in [-0.2, -0.15) is 4.98 Å². The van der Waals surface area contributed by atoms with Crippen LogP contribution in [-0.4, -0.2) is 46.6 Å². The maximum absolute atomic E-state index is 12.0. The van der Waals surface area contributed by atoms with Gasteiger partial charge in [-0.05, 0) is 19.4 Å². The number of morpholine rings is 1. The zero-order valence-electron chi connectivity index (χ0n) is 13.0. The molecule has 2 aliphatic rings. The van der Waals surface area contributed by atoms with Crippen molar-refractivity contribution in [2.45, 2.75) is 52.2 Å². The molecule has 0 bridgehead atoms. The van der Waals surface area contributed by atoms with Crippen LogP contribution in [0.3, 0.4) is 0 Å². The molecule has 2 unspecified atom stereocenters. The van der Waals surface area contributed by atoms with Crippen molar-refractivity contribution in [2.24, 2.45) is 5.41 Å². The molecular weight excluding hydrogens is 270 g/mol. The van der Waals surface area contributed by atoms with Crippen molar-refractivity contribution in [2.75, 3.05) is 19.7 Å². The summed E-state index contributed by atoms with van der Waals surface area (Å²) >= 11 is 0. The molecule has 6 heteroatoms. The van der Waals surface area contributed by atoms with Crippen LogP contribution in [-0.2, 0) is 16.0 Å². The summed E-state index contributed by atoms with van der Waals surface area (Å²) in [6, 6.07) is 0.551. The Morgan fingerprint density at radius 2 is 2.24 bits per heavy atom. The number of fused-ring (bicyclic) bond motifs is 1. The molecule has 3 rings (SSSR count). The van der Waals surface area contributed by atoms with Crippen LogP contribution in [0.25, 0.3) is 0 Å². The van der Waals surface area contributed by atoms with Gasteiger partial charge in [0.1, 0.15) is 11.9 Å². The minimum atomic E-state index is -0.390. The predicted molar refractivity (Wildman–Crippen MR) is 75.8 cm³/mol. The highest BCUT2D eigenvalue weighted by molar-refractivity contribution is 5.84. The van der Waals surface area contributed by atoms with E-state index in [0.717, 1.165) is 19.7 Å². The predicted octanol–water partition coefficient (Wildman–Crippen LogP) is 1.76. The molecule has 21 heavy (non-hydrogen) atoms. The first-order valence-electron chi connectivity index (χ1n) is 7.65. The number of nitrogens with zero attached hydrogens (tertiary/aromatic N) is 3. The van der Waals surface area contributed by atoms with Gasteiger partial charge < -0.3 is 9.26 Å². The molecule has 0 aliphatic carbocycles. The van der Waals surface area contributed by atoms with E-state index in [1.807, 2.05) is 20.8 Å². The monoisotopic (exact) mass is 293 g/mol. The Labute approximate surface area is 124 Å². The van der Waals surface area contributed by atoms with Crippen molar-refractivity contribution < 1.29 is 14.1 Å². The number of ketones is 1. The Bertz CT molecular complexity index is 520. The normalized spacial score (nSPS) is 26.8. The van der Waals surface area contributed by atoms with Crippen LogP contribution in [0.4, 0.5) is 0 Å². The molecule has 2 fully saturated rings. The van der Waals surface area contributed by atoms with Crippen molar-refractivity contribution in [1.29, 1.82) is 0 Å². The van der Waals surface area contributed by atoms with E-state index < -0.39 is 5.41 Å². The van der Waals surface area contributed by atoms with Gasteiger partial charge in [0.25, 0.3) is 0 Å². The summed E-state index contributed by atoms with van der Waals surface area (Å²) < 4.78 is 11.1. The summed E-state index contributed by atoms with van der Waals surface area (Å²) in [6.07, 6.45) is 2.50. The SMILES string of the molecule is CC(C)(C)C(=O)Cc1nc(C2CN3CCCC3CO2)no1. The van der Waals surface area contributed by atoms with Gasteiger partial charge in [-0.3, -0.25) is 9.69 Å². The first-order chi connectivity index (χ1) is 9.93. The lowest BCUT2D eigenvalue weighted by Crippen LogP contribution is -2.42. The molecule has 2 saturated heterocycles. The van der Waals surface area contributed by atoms with Gasteiger partial charge in [-0.25, -0.2) is 0 Å². The molecule has 0 saturated carbocycles. The third-order valence-corrected chi connectivity index (χ3v) is 4.31. The van der Waals surface area contributed by atoms with Crippen LogP contribution in [0.1, 0.15) is 51.4 Å². The second kappa shape index (κ2) is 5.50. The molecule has 0 radical (unpaired) electrons. The standard InChI is InChI=1S/C15H23N3O3/c1-15(2,3)12(19)7-13-16-14(17-21-13)11-8-18-6-4-5-10(18)9-20-11/h10-11H,4-9H2,1-3H3. The third kappa shape index (κ3) is 3.16. The van der Waals surface area contributed by atoms with Crippen molar-refractivity contribution in [3.63, 3.8) is 0 Å². The number of carbonyl (C=O) groups excluding carboxylic acids is 1. The Morgan fingerprint density at radius 1 is 1.43 bits per heavy atom. The highest BCUT2D eigenvalue weighted by atomic mass is 16.5. The molecule has 0 aromatic carbocycles. The second-order valence-corrected chi connectivity index (χ2v) is 7.01. The highest BCUT2D eigenvalue weighted by Crippen LogP contribution is 2.29. The van der Waals surface area contributed by atoms with Crippen LogP contribution in [0.2, 0.25) is 0 Å². The summed E-state index contributed by atoms with van der Waals surface area (Å²) in [7, 11) is 0. The topological polar surface area (TPSA) is 68.5 Å². The highest BCUT2D eigenvalue weighted by Gasteiger charge is 2.35. The molecule has 6 nitrogen and oxygen atoms in total. The minimum absolute atomic E-state index is 0.0990. The number of hydrogen-bond donors (Lipinski definition) is 0. The number of carbonyl (C=O) groups is 1. The van der Waals surface area contributed by atoms with Crippen LogP contribution in [0.5, 0.6) is 0 Å². The summed E-state index contributed by atoms with van der Waals surface area (Å²) in [5.41, 5.74) is -0.390. The van der Waals surface area contributed by atoms with E-state index in [4.69, 9.17) is 9.26 Å². The average Bonchev–Trinajstić information content (AvgIpc) is 3.04. The quantitative estimate of drug-likeness (QED) is 0.846. The summed E-state index contributed by atoms with van der Waals surface area (Å²) in [5.74, 6) is 1.05. The number of aromatic nitrogens is 2. The largest absolute Gasteiger partial charge is 0.367 e. The lowest BCUT2D eigenvalue weighted by molar-refractivity contribution is -0.125. The van der Waals surface area contributed by atoms with Crippen molar-refractivity contribution in [3.8, 4) is 0 Å². The van der Waals surface area contributed by atoms with Crippen molar-refractivity contribution in [1.82, 2.24) is 15.0 Å². The van der Waals surface area contributed by atoms with E-state index in [-0.39, 0.29) is 18.3 Å². The van der Waals surface area contributed by atoms with Crippen molar-refractivity contribution >= 4 is 5.78 Å². The summed E-state index contributed by atoms with van der Waals surface area (Å²) in [5, 5.41) is 4.00. The van der Waals surface area contributed by atoms with Crippen LogP contribution >= 0.6 is 0 Å². The molecule has 0 N–H and O–H groups in total. The number of hydrogen-bond acceptors (Lipinski definition) is 6. The Morgan fingerprint density at radius 3 is 3.00 bits per heavy atom. The van der Waals surface area contributed by atoms with Gasteiger partial charge in [0.2, 0.25) is 11.7 Å². The number of Topliss-reactive ketones (excluding diaryl/α,β-unsaturated/α-hetero) is 1. The molecule has 1 aromatic heterocycles. The average molecular weight is 293 g/mol. The lowest BCUT2D eigenvalue weighted by atomic mass is 9.89. The molecule has 2 atom stereocenters. The van der Waals surface area contributed by atoms with Gasteiger partial charge >= 0.3 is 0 Å². The van der Waals surface area contributed by atoms with Gasteiger partial charge in [-0.1, -0.05) is 25.9 Å². The summed E-state index contributed by atoms with van der Waals surface area (Å²) in [6.45, 7) is 8.35. The maximum atomic E-state index is 12.0. The molecule has 116 valence electrons. The first kappa shape index (κ1) is 14.7. The summed E-state index contributed by atoms with van der Waals surface area (Å²) in [4.78, 5) is 18.8. The maximum Gasteiger partial charge on any atom is 0.234 e. The molecule has 3 heterocycles. The fraction of sp³-hybridized carbons (Fsp3) is 0.800. The van der Waals surface area contributed by atoms with Crippen LogP contribution in [0.15, 0.2) is 4.52 Å². The number of ether oxygens (including phenoxy) is 1. The van der Waals surface area contributed by atoms with E-state index in [1.54, 1.807) is 0 Å². The third-order valence-electron chi connectivity index (χ3n) is 4.31. The van der Waals surface area contributed by atoms with E-state index in [9.17, 15) is 4.79 Å². The first-order valence-corrected chi connectivity index (χ1v) is 7.65. The molecule has 2 aliphatic heterocycles. The fourth-order valence-corrected chi connectivity index (χ4v) is 2.85. The molecule has 0 amide bonds. The van der Waals surface area contributed by atoms with Crippen LogP contribution in [0, 0.1) is 5.41 Å². The zero-order valence-corrected chi connectivity index (χ0v) is 13.0. The van der Waals surface area contributed by atoms with E-state index >= 15 is 0 Å². The minimum Gasteiger partial charge on any atom is -0.367 e. The van der Waals surface area contributed by atoms with Crippen molar-refractivity contribution in [3.05, 3.63) is 11.7 Å². The molecule has 1 aromatic rings. The van der Waals surface area contributed by atoms with Gasteiger partial charge in [0, 0.05) is 18.0 Å². The van der Waals surface area contributed by atoms with Gasteiger partial charge in [-0.15, -0.1) is 0 Å². The van der Waals surface area contributed by atoms with Gasteiger partial charge in [0.15, 0.2) is 0 Å².